The molecule has 4 aromatic rings. The van der Waals surface area contributed by atoms with Gasteiger partial charge in [-0.3, -0.25) is 9.36 Å². The zero-order chi connectivity index (χ0) is 23.9. The Balaban J connectivity index is 1.54. The van der Waals surface area contributed by atoms with Crippen molar-refractivity contribution in [2.75, 3.05) is 0 Å². The zero-order valence-electron chi connectivity index (χ0n) is 19.9. The summed E-state index contributed by atoms with van der Waals surface area (Å²) in [5.74, 6) is 1.63. The summed E-state index contributed by atoms with van der Waals surface area (Å²) >= 11 is 1.65. The SMILES string of the molecule is CC[C@@H](C)NC(=O)c1ccc(CSc2nnc(Cc3ccccc3)n2-c2ccccc2C)cc1. The van der Waals surface area contributed by atoms with Gasteiger partial charge in [0.25, 0.3) is 5.91 Å². The Morgan fingerprint density at radius 1 is 0.941 bits per heavy atom. The van der Waals surface area contributed by atoms with Gasteiger partial charge >= 0.3 is 0 Å². The molecule has 0 fully saturated rings. The van der Waals surface area contributed by atoms with Crippen LogP contribution in [0, 0.1) is 6.92 Å². The van der Waals surface area contributed by atoms with Crippen molar-refractivity contribution in [1.29, 1.82) is 0 Å². The molecule has 0 radical (unpaired) electrons. The Morgan fingerprint density at radius 3 is 2.35 bits per heavy atom. The second-order valence-corrected chi connectivity index (χ2v) is 9.39. The van der Waals surface area contributed by atoms with E-state index in [1.807, 2.05) is 61.5 Å². The number of hydrogen-bond donors (Lipinski definition) is 1. The van der Waals surface area contributed by atoms with Gasteiger partial charge in [0.05, 0.1) is 5.69 Å². The first-order valence-corrected chi connectivity index (χ1v) is 12.6. The average molecular weight is 471 g/mol. The Kier molecular flexibility index (Phi) is 7.80. The van der Waals surface area contributed by atoms with E-state index in [0.29, 0.717) is 12.0 Å². The lowest BCUT2D eigenvalue weighted by Crippen LogP contribution is -2.31. The van der Waals surface area contributed by atoms with Gasteiger partial charge in [-0.15, -0.1) is 10.2 Å². The molecule has 0 bridgehead atoms. The van der Waals surface area contributed by atoms with E-state index in [9.17, 15) is 4.79 Å². The van der Waals surface area contributed by atoms with Gasteiger partial charge in [-0.1, -0.05) is 79.3 Å². The number of carbonyl (C=O) groups excluding carboxylic acids is 1. The molecule has 0 aliphatic carbocycles. The number of rotatable bonds is 9. The number of benzene rings is 3. The van der Waals surface area contributed by atoms with Crippen LogP contribution < -0.4 is 5.32 Å². The van der Waals surface area contributed by atoms with E-state index in [4.69, 9.17) is 0 Å². The average Bonchev–Trinajstić information content (AvgIpc) is 3.25. The highest BCUT2D eigenvalue weighted by Gasteiger charge is 2.17. The molecule has 1 heterocycles. The second-order valence-electron chi connectivity index (χ2n) is 8.45. The van der Waals surface area contributed by atoms with E-state index in [2.05, 4.69) is 58.2 Å². The minimum absolute atomic E-state index is 0.0293. The van der Waals surface area contributed by atoms with Gasteiger partial charge in [0.2, 0.25) is 0 Å². The highest BCUT2D eigenvalue weighted by molar-refractivity contribution is 7.98. The Bertz CT molecular complexity index is 1240. The third-order valence-corrected chi connectivity index (χ3v) is 6.84. The lowest BCUT2D eigenvalue weighted by atomic mass is 10.1. The summed E-state index contributed by atoms with van der Waals surface area (Å²) in [4.78, 5) is 12.4. The normalized spacial score (nSPS) is 11.9. The van der Waals surface area contributed by atoms with Gasteiger partial charge < -0.3 is 5.32 Å². The number of amides is 1. The fourth-order valence-electron chi connectivity index (χ4n) is 3.65. The number of aromatic nitrogens is 3. The maximum absolute atomic E-state index is 12.4. The van der Waals surface area contributed by atoms with Crippen LogP contribution in [0.15, 0.2) is 84.0 Å². The summed E-state index contributed by atoms with van der Waals surface area (Å²) in [7, 11) is 0. The second kappa shape index (κ2) is 11.2. The number of carbonyl (C=O) groups is 1. The highest BCUT2D eigenvalue weighted by Crippen LogP contribution is 2.28. The molecule has 1 atom stereocenters. The van der Waals surface area contributed by atoms with E-state index in [1.165, 1.54) is 11.1 Å². The van der Waals surface area contributed by atoms with Crippen molar-refractivity contribution in [3.63, 3.8) is 0 Å². The molecule has 1 aromatic heterocycles. The van der Waals surface area contributed by atoms with Crippen LogP contribution in [0.5, 0.6) is 0 Å². The molecule has 0 saturated carbocycles. The summed E-state index contributed by atoms with van der Waals surface area (Å²) in [6.45, 7) is 6.19. The number of aryl methyl sites for hydroxylation is 1. The van der Waals surface area contributed by atoms with E-state index in [0.717, 1.165) is 34.4 Å². The van der Waals surface area contributed by atoms with E-state index < -0.39 is 0 Å². The molecular formula is C28H30N4OS. The van der Waals surface area contributed by atoms with Crippen LogP contribution in [0.1, 0.15) is 53.1 Å². The minimum atomic E-state index is -0.0293. The molecule has 0 aliphatic rings. The molecule has 6 heteroatoms. The summed E-state index contributed by atoms with van der Waals surface area (Å²) in [6.07, 6.45) is 1.62. The first-order chi connectivity index (χ1) is 16.5. The molecule has 3 aromatic carbocycles. The molecule has 5 nitrogen and oxygen atoms in total. The van der Waals surface area contributed by atoms with Crippen LogP contribution in [-0.2, 0) is 12.2 Å². The van der Waals surface area contributed by atoms with Gasteiger partial charge in [0.1, 0.15) is 5.82 Å². The van der Waals surface area contributed by atoms with E-state index in [-0.39, 0.29) is 11.9 Å². The van der Waals surface area contributed by atoms with Gasteiger partial charge in [0.15, 0.2) is 5.16 Å². The standard InChI is InChI=1S/C28H30N4OS/c1-4-21(3)29-27(33)24-16-14-23(15-17-24)19-34-28-31-30-26(18-22-11-6-5-7-12-22)32(28)25-13-9-8-10-20(25)2/h5-17,21H,4,18-19H2,1-3H3,(H,29,33)/t21-/m1/s1. The summed E-state index contributed by atoms with van der Waals surface area (Å²) < 4.78 is 2.17. The van der Waals surface area contributed by atoms with Crippen LogP contribution in [0.4, 0.5) is 0 Å². The number of para-hydroxylation sites is 1. The number of nitrogens with zero attached hydrogens (tertiary/aromatic N) is 3. The van der Waals surface area contributed by atoms with Crippen LogP contribution in [0.3, 0.4) is 0 Å². The van der Waals surface area contributed by atoms with E-state index >= 15 is 0 Å². The van der Waals surface area contributed by atoms with Gasteiger partial charge in [-0.25, -0.2) is 0 Å². The fraction of sp³-hybridized carbons (Fsp3) is 0.250. The van der Waals surface area contributed by atoms with Crippen molar-refractivity contribution >= 4 is 17.7 Å². The first kappa shape index (κ1) is 23.8. The third kappa shape index (κ3) is 5.75. The Morgan fingerprint density at radius 2 is 1.65 bits per heavy atom. The minimum Gasteiger partial charge on any atom is -0.350 e. The molecule has 174 valence electrons. The lowest BCUT2D eigenvalue weighted by molar-refractivity contribution is 0.0939. The van der Waals surface area contributed by atoms with Crippen LogP contribution >= 0.6 is 11.8 Å². The Labute approximate surface area is 205 Å². The molecule has 1 N–H and O–H groups in total. The molecule has 34 heavy (non-hydrogen) atoms. The van der Waals surface area contributed by atoms with Gasteiger partial charge in [-0.05, 0) is 55.2 Å². The van der Waals surface area contributed by atoms with Crippen molar-refractivity contribution in [3.05, 3.63) is 107 Å². The largest absolute Gasteiger partial charge is 0.350 e. The molecule has 1 amide bonds. The van der Waals surface area contributed by atoms with Crippen molar-refractivity contribution in [2.24, 2.45) is 0 Å². The van der Waals surface area contributed by atoms with Crippen molar-refractivity contribution < 1.29 is 4.79 Å². The maximum Gasteiger partial charge on any atom is 0.251 e. The lowest BCUT2D eigenvalue weighted by Gasteiger charge is -2.13. The zero-order valence-corrected chi connectivity index (χ0v) is 20.7. The molecule has 4 rings (SSSR count). The monoisotopic (exact) mass is 470 g/mol. The smallest absolute Gasteiger partial charge is 0.251 e. The van der Waals surface area contributed by atoms with Crippen LogP contribution in [0.25, 0.3) is 5.69 Å². The predicted molar refractivity (Wildman–Crippen MR) is 139 cm³/mol. The van der Waals surface area contributed by atoms with Crippen molar-refractivity contribution in [2.45, 2.75) is 50.6 Å². The highest BCUT2D eigenvalue weighted by atomic mass is 32.2. The van der Waals surface area contributed by atoms with Crippen LogP contribution in [-0.4, -0.2) is 26.7 Å². The van der Waals surface area contributed by atoms with Gasteiger partial charge in [0, 0.05) is 23.8 Å². The number of hydrogen-bond acceptors (Lipinski definition) is 4. The van der Waals surface area contributed by atoms with Crippen LogP contribution in [0.2, 0.25) is 0 Å². The van der Waals surface area contributed by atoms with Crippen molar-refractivity contribution in [1.82, 2.24) is 20.1 Å². The molecular weight excluding hydrogens is 440 g/mol. The maximum atomic E-state index is 12.4. The number of thioether (sulfide) groups is 1. The predicted octanol–water partition coefficient (Wildman–Crippen LogP) is 5.99. The van der Waals surface area contributed by atoms with E-state index in [1.54, 1.807) is 11.8 Å². The molecule has 0 spiro atoms. The van der Waals surface area contributed by atoms with Crippen molar-refractivity contribution in [3.8, 4) is 5.69 Å². The molecule has 0 saturated heterocycles. The number of nitrogens with one attached hydrogen (secondary N) is 1. The first-order valence-electron chi connectivity index (χ1n) is 11.6. The van der Waals surface area contributed by atoms with Gasteiger partial charge in [-0.2, -0.15) is 0 Å². The quantitative estimate of drug-likeness (QED) is 0.305. The summed E-state index contributed by atoms with van der Waals surface area (Å²) in [6, 6.07) is 26.6. The topological polar surface area (TPSA) is 59.8 Å². The molecule has 0 aliphatic heterocycles. The fourth-order valence-corrected chi connectivity index (χ4v) is 4.57. The summed E-state index contributed by atoms with van der Waals surface area (Å²) in [5, 5.41) is 13.0. The third-order valence-electron chi connectivity index (χ3n) is 5.84. The Hall–Kier alpha value is -3.38. The molecule has 0 unspecified atom stereocenters. The summed E-state index contributed by atoms with van der Waals surface area (Å²) in [5.41, 5.74) is 5.29.